The van der Waals surface area contributed by atoms with Crippen LogP contribution in [0.3, 0.4) is 0 Å². The summed E-state index contributed by atoms with van der Waals surface area (Å²) >= 11 is 6.07. The normalized spacial score (nSPS) is 16.1. The molecule has 4 rings (SSSR count). The molecule has 0 amide bonds. The van der Waals surface area contributed by atoms with Crippen molar-refractivity contribution in [1.29, 1.82) is 0 Å². The summed E-state index contributed by atoms with van der Waals surface area (Å²) in [5.74, 6) is 1.31. The van der Waals surface area contributed by atoms with Gasteiger partial charge in [0.2, 0.25) is 0 Å². The van der Waals surface area contributed by atoms with Gasteiger partial charge in [0.25, 0.3) is 0 Å². The number of halogens is 2. The van der Waals surface area contributed by atoms with Crippen LogP contribution in [0.2, 0.25) is 5.02 Å². The van der Waals surface area contributed by atoms with E-state index in [0.717, 1.165) is 50.3 Å². The minimum absolute atomic E-state index is 0.187. The zero-order valence-electron chi connectivity index (χ0n) is 18.2. The summed E-state index contributed by atoms with van der Waals surface area (Å²) in [6.45, 7) is 4.64. The molecule has 3 aromatic rings. The van der Waals surface area contributed by atoms with Crippen molar-refractivity contribution < 1.29 is 9.13 Å². The maximum Gasteiger partial charge on any atom is 0.128 e. The fourth-order valence-electron chi connectivity index (χ4n) is 4.28. The van der Waals surface area contributed by atoms with Gasteiger partial charge in [-0.3, -0.25) is 4.90 Å². The quantitative estimate of drug-likeness (QED) is 0.434. The van der Waals surface area contributed by atoms with E-state index in [1.807, 2.05) is 66.7 Å². The Morgan fingerprint density at radius 3 is 2.34 bits per heavy atom. The van der Waals surface area contributed by atoms with E-state index in [2.05, 4.69) is 10.2 Å². The maximum absolute atomic E-state index is 14.6. The molecular weight excluding hydrogens is 423 g/mol. The standard InChI is InChI=1S/C27H30ClFN2O/c28-23-12-10-22(11-13-23)27(25-8-4-5-9-26(25)29)30-20-21-14-16-31(17-15-21)18-19-32-24-6-2-1-3-7-24/h1-13,21,27,30H,14-20H2. The third-order valence-electron chi connectivity index (χ3n) is 6.16. The van der Waals surface area contributed by atoms with Crippen LogP contribution in [-0.2, 0) is 0 Å². The van der Waals surface area contributed by atoms with Crippen LogP contribution in [0.25, 0.3) is 0 Å². The fraction of sp³-hybridized carbons (Fsp3) is 0.333. The molecule has 168 valence electrons. The highest BCUT2D eigenvalue weighted by Gasteiger charge is 2.22. The topological polar surface area (TPSA) is 24.5 Å². The van der Waals surface area contributed by atoms with E-state index in [0.29, 0.717) is 23.1 Å². The Hall–Kier alpha value is -2.40. The molecule has 1 N–H and O–H groups in total. The minimum Gasteiger partial charge on any atom is -0.492 e. The SMILES string of the molecule is Fc1ccccc1C(NCC1CCN(CCOc2ccccc2)CC1)c1ccc(Cl)cc1. The summed E-state index contributed by atoms with van der Waals surface area (Å²) < 4.78 is 20.4. The molecular formula is C27H30ClFN2O. The number of hydrogen-bond donors (Lipinski definition) is 1. The lowest BCUT2D eigenvalue weighted by atomic mass is 9.94. The molecule has 1 unspecified atom stereocenters. The van der Waals surface area contributed by atoms with Gasteiger partial charge in [0, 0.05) is 17.1 Å². The lowest BCUT2D eigenvalue weighted by Gasteiger charge is -2.33. The summed E-state index contributed by atoms with van der Waals surface area (Å²) in [4.78, 5) is 2.47. The van der Waals surface area contributed by atoms with Gasteiger partial charge in [0.15, 0.2) is 0 Å². The van der Waals surface area contributed by atoms with Crippen LogP contribution in [0.4, 0.5) is 4.39 Å². The Morgan fingerprint density at radius 2 is 1.62 bits per heavy atom. The molecule has 0 spiro atoms. The highest BCUT2D eigenvalue weighted by molar-refractivity contribution is 6.30. The molecule has 1 fully saturated rings. The Morgan fingerprint density at radius 1 is 0.938 bits per heavy atom. The first-order valence-electron chi connectivity index (χ1n) is 11.3. The molecule has 1 aliphatic heterocycles. The van der Waals surface area contributed by atoms with Crippen LogP contribution in [0.5, 0.6) is 5.75 Å². The predicted molar refractivity (Wildman–Crippen MR) is 129 cm³/mol. The average Bonchev–Trinajstić information content (AvgIpc) is 2.83. The lowest BCUT2D eigenvalue weighted by molar-refractivity contribution is 0.153. The number of rotatable bonds is 9. The largest absolute Gasteiger partial charge is 0.492 e. The second kappa shape index (κ2) is 11.5. The predicted octanol–water partition coefficient (Wildman–Crippen LogP) is 5.95. The van der Waals surface area contributed by atoms with E-state index in [9.17, 15) is 4.39 Å². The Kier molecular flexibility index (Phi) is 8.16. The van der Waals surface area contributed by atoms with E-state index in [1.54, 1.807) is 6.07 Å². The van der Waals surface area contributed by atoms with Gasteiger partial charge >= 0.3 is 0 Å². The van der Waals surface area contributed by atoms with Gasteiger partial charge in [0.05, 0.1) is 6.04 Å². The van der Waals surface area contributed by atoms with E-state index >= 15 is 0 Å². The zero-order chi connectivity index (χ0) is 22.2. The van der Waals surface area contributed by atoms with Crippen LogP contribution < -0.4 is 10.1 Å². The van der Waals surface area contributed by atoms with E-state index in [1.165, 1.54) is 6.07 Å². The van der Waals surface area contributed by atoms with Crippen molar-refractivity contribution in [1.82, 2.24) is 10.2 Å². The Labute approximate surface area is 195 Å². The molecule has 5 heteroatoms. The summed E-state index contributed by atoms with van der Waals surface area (Å²) in [5, 5.41) is 4.32. The first-order chi connectivity index (χ1) is 15.7. The number of hydrogen-bond acceptors (Lipinski definition) is 3. The number of piperidine rings is 1. The molecule has 3 nitrogen and oxygen atoms in total. The summed E-state index contributed by atoms with van der Waals surface area (Å²) in [5.41, 5.74) is 1.69. The average molecular weight is 453 g/mol. The van der Waals surface area contributed by atoms with Gasteiger partial charge in [-0.25, -0.2) is 4.39 Å². The second-order valence-electron chi connectivity index (χ2n) is 8.36. The smallest absolute Gasteiger partial charge is 0.128 e. The van der Waals surface area contributed by atoms with Crippen molar-refractivity contribution in [2.45, 2.75) is 18.9 Å². The highest BCUT2D eigenvalue weighted by Crippen LogP contribution is 2.27. The lowest BCUT2D eigenvalue weighted by Crippen LogP contribution is -2.40. The number of likely N-dealkylation sites (tertiary alicyclic amines) is 1. The van der Waals surface area contributed by atoms with Crippen molar-refractivity contribution >= 4 is 11.6 Å². The Balaban J connectivity index is 1.28. The van der Waals surface area contributed by atoms with Crippen LogP contribution in [0, 0.1) is 11.7 Å². The third kappa shape index (κ3) is 6.32. The minimum atomic E-state index is -0.189. The number of nitrogens with zero attached hydrogens (tertiary/aromatic N) is 1. The first-order valence-corrected chi connectivity index (χ1v) is 11.7. The summed E-state index contributed by atoms with van der Waals surface area (Å²) in [7, 11) is 0. The molecule has 1 atom stereocenters. The van der Waals surface area contributed by atoms with Gasteiger partial charge in [-0.1, -0.05) is 60.1 Å². The van der Waals surface area contributed by atoms with E-state index < -0.39 is 0 Å². The second-order valence-corrected chi connectivity index (χ2v) is 8.80. The van der Waals surface area contributed by atoms with E-state index in [4.69, 9.17) is 16.3 Å². The molecule has 0 saturated carbocycles. The number of ether oxygens (including phenoxy) is 1. The van der Waals surface area contributed by atoms with Gasteiger partial charge in [-0.05, 0) is 74.3 Å². The van der Waals surface area contributed by atoms with Crippen LogP contribution in [0.15, 0.2) is 78.9 Å². The van der Waals surface area contributed by atoms with Crippen molar-refractivity contribution in [3.8, 4) is 5.75 Å². The van der Waals surface area contributed by atoms with Gasteiger partial charge < -0.3 is 10.1 Å². The molecule has 0 aromatic heterocycles. The van der Waals surface area contributed by atoms with Crippen molar-refractivity contribution in [2.75, 3.05) is 32.8 Å². The van der Waals surface area contributed by atoms with Crippen LogP contribution >= 0.6 is 11.6 Å². The summed E-state index contributed by atoms with van der Waals surface area (Å²) in [6.07, 6.45) is 2.26. The third-order valence-corrected chi connectivity index (χ3v) is 6.41. The van der Waals surface area contributed by atoms with Gasteiger partial charge in [-0.2, -0.15) is 0 Å². The number of benzene rings is 3. The zero-order valence-corrected chi connectivity index (χ0v) is 19.0. The number of nitrogens with one attached hydrogen (secondary N) is 1. The highest BCUT2D eigenvalue weighted by atomic mass is 35.5. The van der Waals surface area contributed by atoms with Crippen molar-refractivity contribution in [3.63, 3.8) is 0 Å². The molecule has 0 aliphatic carbocycles. The monoisotopic (exact) mass is 452 g/mol. The fourth-order valence-corrected chi connectivity index (χ4v) is 4.41. The molecule has 1 aliphatic rings. The van der Waals surface area contributed by atoms with Crippen LogP contribution in [0.1, 0.15) is 30.0 Å². The van der Waals surface area contributed by atoms with Crippen LogP contribution in [-0.4, -0.2) is 37.7 Å². The number of para-hydroxylation sites is 1. The molecule has 3 aromatic carbocycles. The summed E-state index contributed by atoms with van der Waals surface area (Å²) in [6, 6.07) is 24.4. The van der Waals surface area contributed by atoms with Gasteiger partial charge in [-0.15, -0.1) is 0 Å². The Bertz CT molecular complexity index is 959. The molecule has 1 heterocycles. The molecule has 1 saturated heterocycles. The maximum atomic E-state index is 14.6. The molecule has 0 radical (unpaired) electrons. The molecule has 0 bridgehead atoms. The van der Waals surface area contributed by atoms with E-state index in [-0.39, 0.29) is 11.9 Å². The van der Waals surface area contributed by atoms with Crippen molar-refractivity contribution in [3.05, 3.63) is 101 Å². The van der Waals surface area contributed by atoms with Crippen molar-refractivity contribution in [2.24, 2.45) is 5.92 Å². The first kappa shape index (κ1) is 22.8. The van der Waals surface area contributed by atoms with Gasteiger partial charge in [0.1, 0.15) is 18.2 Å². The molecule has 32 heavy (non-hydrogen) atoms.